The molecule has 1 aliphatic rings. The minimum absolute atomic E-state index is 0.671. The molecule has 22 heavy (non-hydrogen) atoms. The van der Waals surface area contributed by atoms with E-state index in [1.54, 1.807) is 0 Å². The van der Waals surface area contributed by atoms with Gasteiger partial charge in [-0.15, -0.1) is 10.2 Å². The Kier molecular flexibility index (Phi) is 4.75. The third-order valence-electron chi connectivity index (χ3n) is 3.76. The molecule has 5 heteroatoms. The van der Waals surface area contributed by atoms with Crippen LogP contribution >= 0.6 is 0 Å². The van der Waals surface area contributed by atoms with Crippen molar-refractivity contribution >= 4 is 5.82 Å². The van der Waals surface area contributed by atoms with Gasteiger partial charge in [-0.1, -0.05) is 42.5 Å². The summed E-state index contributed by atoms with van der Waals surface area (Å²) >= 11 is 0. The maximum atomic E-state index is 4.55. The first-order valence-corrected chi connectivity index (χ1v) is 7.71. The van der Waals surface area contributed by atoms with Gasteiger partial charge < -0.3 is 5.32 Å². The molecule has 2 heterocycles. The molecule has 1 aromatic heterocycles. The van der Waals surface area contributed by atoms with Crippen molar-refractivity contribution in [2.24, 2.45) is 0 Å². The summed E-state index contributed by atoms with van der Waals surface area (Å²) in [7, 11) is 0. The molecule has 114 valence electrons. The lowest BCUT2D eigenvalue weighted by Gasteiger charge is -2.23. The summed E-state index contributed by atoms with van der Waals surface area (Å²) in [5.74, 6) is 1.44. The topological polar surface area (TPSA) is 53.9 Å². The lowest BCUT2D eigenvalue weighted by atomic mass is 10.2. The minimum atomic E-state index is 0.671. The zero-order valence-electron chi connectivity index (χ0n) is 12.9. The van der Waals surface area contributed by atoms with Crippen LogP contribution in [0.15, 0.2) is 42.5 Å². The van der Waals surface area contributed by atoms with Gasteiger partial charge in [0.25, 0.3) is 0 Å². The molecule has 0 saturated heterocycles. The van der Waals surface area contributed by atoms with Crippen LogP contribution in [0.1, 0.15) is 12.1 Å². The fraction of sp³-hybridized carbons (Fsp3) is 0.353. The van der Waals surface area contributed by atoms with Crippen LogP contribution in [0.4, 0.5) is 5.82 Å². The van der Waals surface area contributed by atoms with E-state index in [9.17, 15) is 0 Å². The average molecular weight is 295 g/mol. The van der Waals surface area contributed by atoms with Crippen molar-refractivity contribution in [3.63, 3.8) is 0 Å². The van der Waals surface area contributed by atoms with Gasteiger partial charge in [0.1, 0.15) is 0 Å². The Hall–Kier alpha value is -2.27. The van der Waals surface area contributed by atoms with E-state index < -0.39 is 0 Å². The molecule has 0 radical (unpaired) electrons. The van der Waals surface area contributed by atoms with Crippen molar-refractivity contribution in [1.29, 1.82) is 0 Å². The molecule has 5 nitrogen and oxygen atoms in total. The molecular formula is C17H21N5. The summed E-state index contributed by atoms with van der Waals surface area (Å²) in [4.78, 5) is 6.97. The van der Waals surface area contributed by atoms with Crippen LogP contribution < -0.4 is 5.32 Å². The SMILES string of the molecule is Cc1nc(-c2ccccc2)nnc1NCCN1CC=CCC1. The third kappa shape index (κ3) is 3.68. The zero-order chi connectivity index (χ0) is 15.2. The van der Waals surface area contributed by atoms with Crippen LogP contribution in [0.2, 0.25) is 0 Å². The number of anilines is 1. The molecule has 0 amide bonds. The van der Waals surface area contributed by atoms with E-state index in [0.717, 1.165) is 49.7 Å². The van der Waals surface area contributed by atoms with E-state index in [1.807, 2.05) is 37.3 Å². The second kappa shape index (κ2) is 7.13. The fourth-order valence-corrected chi connectivity index (χ4v) is 2.50. The van der Waals surface area contributed by atoms with Crippen molar-refractivity contribution in [3.05, 3.63) is 48.2 Å². The van der Waals surface area contributed by atoms with E-state index in [-0.39, 0.29) is 0 Å². The van der Waals surface area contributed by atoms with Crippen molar-refractivity contribution in [2.45, 2.75) is 13.3 Å². The number of rotatable bonds is 5. The lowest BCUT2D eigenvalue weighted by molar-refractivity contribution is 0.310. The quantitative estimate of drug-likeness (QED) is 0.859. The van der Waals surface area contributed by atoms with Gasteiger partial charge in [-0.2, -0.15) is 0 Å². The van der Waals surface area contributed by atoms with Crippen LogP contribution in [-0.4, -0.2) is 46.3 Å². The Morgan fingerprint density at radius 2 is 2.00 bits per heavy atom. The predicted octanol–water partition coefficient (Wildman–Crippen LogP) is 2.52. The molecule has 0 saturated carbocycles. The Balaban J connectivity index is 1.59. The average Bonchev–Trinajstić information content (AvgIpc) is 2.58. The van der Waals surface area contributed by atoms with Gasteiger partial charge >= 0.3 is 0 Å². The molecule has 1 N–H and O–H groups in total. The van der Waals surface area contributed by atoms with Gasteiger partial charge in [-0.25, -0.2) is 4.98 Å². The van der Waals surface area contributed by atoms with Crippen molar-refractivity contribution < 1.29 is 0 Å². The number of nitrogens with one attached hydrogen (secondary N) is 1. The Bertz CT molecular complexity index is 639. The fourth-order valence-electron chi connectivity index (χ4n) is 2.50. The molecule has 0 unspecified atom stereocenters. The predicted molar refractivity (Wildman–Crippen MR) is 88.7 cm³/mol. The lowest BCUT2D eigenvalue weighted by Crippen LogP contribution is -2.32. The Morgan fingerprint density at radius 1 is 1.14 bits per heavy atom. The maximum Gasteiger partial charge on any atom is 0.182 e. The number of nitrogens with zero attached hydrogens (tertiary/aromatic N) is 4. The molecule has 0 spiro atoms. The molecule has 0 atom stereocenters. The number of hydrogen-bond donors (Lipinski definition) is 1. The zero-order valence-corrected chi connectivity index (χ0v) is 12.9. The van der Waals surface area contributed by atoms with Gasteiger partial charge in [-0.3, -0.25) is 4.90 Å². The van der Waals surface area contributed by atoms with E-state index in [0.29, 0.717) is 5.82 Å². The first-order valence-electron chi connectivity index (χ1n) is 7.71. The summed E-state index contributed by atoms with van der Waals surface area (Å²) < 4.78 is 0. The number of aromatic nitrogens is 3. The normalized spacial score (nSPS) is 15.0. The second-order valence-corrected chi connectivity index (χ2v) is 5.42. The second-order valence-electron chi connectivity index (χ2n) is 5.42. The molecule has 0 fully saturated rings. The van der Waals surface area contributed by atoms with Gasteiger partial charge in [0.05, 0.1) is 5.69 Å². The van der Waals surface area contributed by atoms with E-state index >= 15 is 0 Å². The largest absolute Gasteiger partial charge is 0.366 e. The highest BCUT2D eigenvalue weighted by molar-refractivity contribution is 5.55. The first kappa shape index (κ1) is 14.7. The summed E-state index contributed by atoms with van der Waals surface area (Å²) in [6.07, 6.45) is 5.61. The van der Waals surface area contributed by atoms with Gasteiger partial charge in [0.15, 0.2) is 11.6 Å². The van der Waals surface area contributed by atoms with E-state index in [4.69, 9.17) is 0 Å². The molecule has 0 bridgehead atoms. The Labute approximate surface area is 131 Å². The van der Waals surface area contributed by atoms with Crippen molar-refractivity contribution in [3.8, 4) is 11.4 Å². The molecular weight excluding hydrogens is 274 g/mol. The minimum Gasteiger partial charge on any atom is -0.366 e. The van der Waals surface area contributed by atoms with E-state index in [2.05, 4.69) is 37.6 Å². The number of aryl methyl sites for hydroxylation is 1. The van der Waals surface area contributed by atoms with Gasteiger partial charge in [-0.05, 0) is 13.3 Å². The molecule has 0 aliphatic carbocycles. The molecule has 1 aromatic carbocycles. The number of benzene rings is 1. The van der Waals surface area contributed by atoms with Crippen LogP contribution in [0.3, 0.4) is 0 Å². The first-order chi connectivity index (χ1) is 10.8. The van der Waals surface area contributed by atoms with Crippen LogP contribution in [0.25, 0.3) is 11.4 Å². The van der Waals surface area contributed by atoms with Gasteiger partial charge in [0.2, 0.25) is 0 Å². The summed E-state index contributed by atoms with van der Waals surface area (Å²) in [5, 5.41) is 11.8. The smallest absolute Gasteiger partial charge is 0.182 e. The van der Waals surface area contributed by atoms with Crippen molar-refractivity contribution in [1.82, 2.24) is 20.1 Å². The maximum absolute atomic E-state index is 4.55. The molecule has 3 rings (SSSR count). The summed E-state index contributed by atoms with van der Waals surface area (Å²) in [6, 6.07) is 9.93. The molecule has 2 aromatic rings. The van der Waals surface area contributed by atoms with E-state index in [1.165, 1.54) is 0 Å². The highest BCUT2D eigenvalue weighted by Gasteiger charge is 2.08. The summed E-state index contributed by atoms with van der Waals surface area (Å²) in [5.41, 5.74) is 1.87. The van der Waals surface area contributed by atoms with Crippen LogP contribution in [0.5, 0.6) is 0 Å². The molecule has 1 aliphatic heterocycles. The van der Waals surface area contributed by atoms with Crippen LogP contribution in [0, 0.1) is 6.92 Å². The highest BCUT2D eigenvalue weighted by Crippen LogP contribution is 2.16. The Morgan fingerprint density at radius 3 is 2.73 bits per heavy atom. The summed E-state index contributed by atoms with van der Waals surface area (Å²) in [6.45, 7) is 6.00. The van der Waals surface area contributed by atoms with Gasteiger partial charge in [0, 0.05) is 31.7 Å². The monoisotopic (exact) mass is 295 g/mol. The standard InChI is InChI=1S/C17H21N5/c1-14-16(18-10-13-22-11-6-3-7-12-22)20-21-17(19-14)15-8-4-2-5-9-15/h2-6,8-9H,7,10-13H2,1H3,(H,18,20). The third-order valence-corrected chi connectivity index (χ3v) is 3.76. The highest BCUT2D eigenvalue weighted by atomic mass is 15.2. The van der Waals surface area contributed by atoms with Crippen molar-refractivity contribution in [2.75, 3.05) is 31.5 Å². The number of hydrogen-bond acceptors (Lipinski definition) is 5. The van der Waals surface area contributed by atoms with Crippen LogP contribution in [-0.2, 0) is 0 Å².